The molecule has 1 fully saturated rings. The highest BCUT2D eigenvalue weighted by Crippen LogP contribution is 2.26. The minimum absolute atomic E-state index is 0.804. The lowest BCUT2D eigenvalue weighted by molar-refractivity contribution is 0.297. The van der Waals surface area contributed by atoms with Crippen LogP contribution in [0.25, 0.3) is 0 Å². The smallest absolute Gasteiger partial charge is 0.0458 e. The molecule has 0 radical (unpaired) electrons. The molecular weight excluding hydrogens is 276 g/mol. The van der Waals surface area contributed by atoms with E-state index in [-0.39, 0.29) is 0 Å². The van der Waals surface area contributed by atoms with E-state index < -0.39 is 0 Å². The fraction of sp³-hybridized carbons (Fsp3) is 0.571. The zero-order valence-corrected chi connectivity index (χ0v) is 12.2. The second-order valence-electron chi connectivity index (χ2n) is 5.38. The molecule has 1 atom stereocenters. The van der Waals surface area contributed by atoms with Crippen molar-refractivity contribution in [2.24, 2.45) is 11.8 Å². The molecule has 2 rings (SSSR count). The van der Waals surface area contributed by atoms with Crippen molar-refractivity contribution in [1.82, 2.24) is 4.90 Å². The normalized spacial score (nSPS) is 21.3. The summed E-state index contributed by atoms with van der Waals surface area (Å²) in [5, 5.41) is 0. The van der Waals surface area contributed by atoms with Crippen LogP contribution in [0, 0.1) is 11.8 Å². The van der Waals surface area contributed by atoms with E-state index in [0.29, 0.717) is 0 Å². The minimum Gasteiger partial charge on any atom is -0.398 e. The number of benzene rings is 1. The number of anilines is 1. The molecule has 1 aliphatic rings. The van der Waals surface area contributed by atoms with E-state index in [2.05, 4.69) is 46.8 Å². The van der Waals surface area contributed by atoms with Crippen molar-refractivity contribution in [2.45, 2.75) is 26.8 Å². The molecule has 17 heavy (non-hydrogen) atoms. The van der Waals surface area contributed by atoms with E-state index >= 15 is 0 Å². The molecule has 0 aromatic heterocycles. The molecule has 0 spiro atoms. The van der Waals surface area contributed by atoms with E-state index in [0.717, 1.165) is 28.5 Å². The van der Waals surface area contributed by atoms with Crippen LogP contribution >= 0.6 is 15.9 Å². The van der Waals surface area contributed by atoms with Crippen LogP contribution in [0.15, 0.2) is 22.7 Å². The second kappa shape index (κ2) is 5.40. The van der Waals surface area contributed by atoms with E-state index in [9.17, 15) is 0 Å². The first kappa shape index (κ1) is 12.9. The first-order chi connectivity index (χ1) is 8.06. The van der Waals surface area contributed by atoms with Gasteiger partial charge in [-0.1, -0.05) is 19.9 Å². The van der Waals surface area contributed by atoms with Gasteiger partial charge in [-0.25, -0.2) is 0 Å². The summed E-state index contributed by atoms with van der Waals surface area (Å²) in [6.45, 7) is 8.16. The molecule has 0 saturated carbocycles. The van der Waals surface area contributed by atoms with Gasteiger partial charge in [0.1, 0.15) is 0 Å². The fourth-order valence-electron chi connectivity index (χ4n) is 2.48. The summed E-state index contributed by atoms with van der Waals surface area (Å²) in [6, 6.07) is 6.25. The third-order valence-electron chi connectivity index (χ3n) is 3.72. The van der Waals surface area contributed by atoms with Gasteiger partial charge in [0.25, 0.3) is 0 Å². The first-order valence-electron chi connectivity index (χ1n) is 6.32. The summed E-state index contributed by atoms with van der Waals surface area (Å²) in [6.07, 6.45) is 1.34. The average molecular weight is 297 g/mol. The Morgan fingerprint density at radius 2 is 2.24 bits per heavy atom. The van der Waals surface area contributed by atoms with Crippen molar-refractivity contribution in [3.05, 3.63) is 28.2 Å². The van der Waals surface area contributed by atoms with Crippen molar-refractivity contribution in [2.75, 3.05) is 18.8 Å². The standard InChI is InChI=1S/C14H21BrN2/c1-10(2)12-5-6-17(9-12)8-11-3-4-14(16)13(15)7-11/h3-4,7,10,12H,5-6,8-9,16H2,1-2H3. The Morgan fingerprint density at radius 3 is 2.82 bits per heavy atom. The topological polar surface area (TPSA) is 29.3 Å². The number of nitrogen functional groups attached to an aromatic ring is 1. The van der Waals surface area contributed by atoms with Crippen molar-refractivity contribution >= 4 is 21.6 Å². The predicted octanol–water partition coefficient (Wildman–Crippen LogP) is 3.51. The van der Waals surface area contributed by atoms with Gasteiger partial charge in [0, 0.05) is 23.2 Å². The maximum Gasteiger partial charge on any atom is 0.0458 e. The Kier molecular flexibility index (Phi) is 4.10. The zero-order valence-electron chi connectivity index (χ0n) is 10.6. The molecule has 1 saturated heterocycles. The number of hydrogen-bond donors (Lipinski definition) is 1. The van der Waals surface area contributed by atoms with E-state index in [1.165, 1.54) is 25.1 Å². The van der Waals surface area contributed by atoms with Gasteiger partial charge in [0.2, 0.25) is 0 Å². The number of halogens is 1. The lowest BCUT2D eigenvalue weighted by Crippen LogP contribution is -2.21. The van der Waals surface area contributed by atoms with Crippen LogP contribution in [0.4, 0.5) is 5.69 Å². The highest BCUT2D eigenvalue weighted by Gasteiger charge is 2.24. The van der Waals surface area contributed by atoms with Gasteiger partial charge < -0.3 is 5.73 Å². The zero-order chi connectivity index (χ0) is 12.4. The number of nitrogens with two attached hydrogens (primary N) is 1. The SMILES string of the molecule is CC(C)C1CCN(Cc2ccc(N)c(Br)c2)C1. The molecule has 1 aliphatic heterocycles. The summed E-state index contributed by atoms with van der Waals surface area (Å²) < 4.78 is 1.01. The van der Waals surface area contributed by atoms with Crippen molar-refractivity contribution in [3.63, 3.8) is 0 Å². The largest absolute Gasteiger partial charge is 0.398 e. The van der Waals surface area contributed by atoms with Crippen molar-refractivity contribution < 1.29 is 0 Å². The quantitative estimate of drug-likeness (QED) is 0.865. The molecule has 1 unspecified atom stereocenters. The van der Waals surface area contributed by atoms with Crippen LogP contribution in [-0.2, 0) is 6.54 Å². The fourth-order valence-corrected chi connectivity index (χ4v) is 2.90. The lowest BCUT2D eigenvalue weighted by atomic mass is 9.95. The molecule has 2 nitrogen and oxygen atoms in total. The van der Waals surface area contributed by atoms with E-state index in [1.807, 2.05) is 6.07 Å². The van der Waals surface area contributed by atoms with Gasteiger partial charge in [-0.3, -0.25) is 4.90 Å². The molecule has 0 amide bonds. The van der Waals surface area contributed by atoms with Gasteiger partial charge in [-0.2, -0.15) is 0 Å². The Labute approximate surface area is 112 Å². The Morgan fingerprint density at radius 1 is 1.47 bits per heavy atom. The molecule has 2 N–H and O–H groups in total. The van der Waals surface area contributed by atoms with Crippen LogP contribution in [0.3, 0.4) is 0 Å². The molecule has 3 heteroatoms. The summed E-state index contributed by atoms with van der Waals surface area (Å²) >= 11 is 3.49. The summed E-state index contributed by atoms with van der Waals surface area (Å²) in [7, 11) is 0. The highest BCUT2D eigenvalue weighted by atomic mass is 79.9. The van der Waals surface area contributed by atoms with Crippen molar-refractivity contribution in [1.29, 1.82) is 0 Å². The molecule has 1 aromatic rings. The number of rotatable bonds is 3. The van der Waals surface area contributed by atoms with Crippen LogP contribution in [0.2, 0.25) is 0 Å². The molecule has 94 valence electrons. The van der Waals surface area contributed by atoms with Crippen LogP contribution in [0.1, 0.15) is 25.8 Å². The summed E-state index contributed by atoms with van der Waals surface area (Å²) in [5.74, 6) is 1.67. The Bertz CT molecular complexity index is 390. The molecular formula is C14H21BrN2. The maximum atomic E-state index is 5.80. The number of likely N-dealkylation sites (tertiary alicyclic amines) is 1. The van der Waals surface area contributed by atoms with Gasteiger partial charge in [-0.05, 0) is 58.4 Å². The predicted molar refractivity (Wildman–Crippen MR) is 76.8 cm³/mol. The van der Waals surface area contributed by atoms with Crippen LogP contribution in [-0.4, -0.2) is 18.0 Å². The van der Waals surface area contributed by atoms with E-state index in [4.69, 9.17) is 5.73 Å². The van der Waals surface area contributed by atoms with E-state index in [1.54, 1.807) is 0 Å². The third kappa shape index (κ3) is 3.23. The van der Waals surface area contributed by atoms with Gasteiger partial charge in [0.15, 0.2) is 0 Å². The summed E-state index contributed by atoms with van der Waals surface area (Å²) in [4.78, 5) is 2.54. The Hall–Kier alpha value is -0.540. The van der Waals surface area contributed by atoms with Crippen LogP contribution in [0.5, 0.6) is 0 Å². The van der Waals surface area contributed by atoms with Gasteiger partial charge >= 0.3 is 0 Å². The number of nitrogens with zero attached hydrogens (tertiary/aromatic N) is 1. The molecule has 0 bridgehead atoms. The van der Waals surface area contributed by atoms with Crippen molar-refractivity contribution in [3.8, 4) is 0 Å². The molecule has 0 aliphatic carbocycles. The lowest BCUT2D eigenvalue weighted by Gasteiger charge is -2.18. The summed E-state index contributed by atoms with van der Waals surface area (Å²) in [5.41, 5.74) is 7.96. The molecule has 1 heterocycles. The monoisotopic (exact) mass is 296 g/mol. The Balaban J connectivity index is 1.96. The number of hydrogen-bond acceptors (Lipinski definition) is 2. The minimum atomic E-state index is 0.804. The van der Waals surface area contributed by atoms with Crippen LogP contribution < -0.4 is 5.73 Å². The van der Waals surface area contributed by atoms with Gasteiger partial charge in [-0.15, -0.1) is 0 Å². The average Bonchev–Trinajstić information content (AvgIpc) is 2.72. The maximum absolute atomic E-state index is 5.80. The third-order valence-corrected chi connectivity index (χ3v) is 4.41. The molecule has 1 aromatic carbocycles. The first-order valence-corrected chi connectivity index (χ1v) is 7.12. The van der Waals surface area contributed by atoms with Gasteiger partial charge in [0.05, 0.1) is 0 Å². The highest BCUT2D eigenvalue weighted by molar-refractivity contribution is 9.10. The second-order valence-corrected chi connectivity index (χ2v) is 6.24.